The van der Waals surface area contributed by atoms with Crippen LogP contribution in [0.3, 0.4) is 0 Å². The minimum atomic E-state index is 0.311. The predicted octanol–water partition coefficient (Wildman–Crippen LogP) is 2.69. The van der Waals surface area contributed by atoms with E-state index in [1.54, 1.807) is 0 Å². The lowest BCUT2D eigenvalue weighted by molar-refractivity contribution is 0.461. The molecule has 0 aromatic heterocycles. The van der Waals surface area contributed by atoms with Crippen LogP contribution in [-0.2, 0) is 0 Å². The van der Waals surface area contributed by atoms with Crippen molar-refractivity contribution in [1.29, 1.82) is 0 Å². The van der Waals surface area contributed by atoms with E-state index >= 15 is 0 Å². The summed E-state index contributed by atoms with van der Waals surface area (Å²) in [7, 11) is 0. The van der Waals surface area contributed by atoms with Gasteiger partial charge in [0.1, 0.15) is 5.75 Å². The van der Waals surface area contributed by atoms with Gasteiger partial charge in [-0.05, 0) is 44.4 Å². The molecule has 0 radical (unpaired) electrons. The molecule has 1 atom stereocenters. The maximum atomic E-state index is 10.1. The largest absolute Gasteiger partial charge is 0.508 e. The number of benzene rings is 1. The minimum Gasteiger partial charge on any atom is -0.508 e. The molecule has 1 aromatic carbocycles. The van der Waals surface area contributed by atoms with E-state index in [-0.39, 0.29) is 0 Å². The van der Waals surface area contributed by atoms with E-state index in [9.17, 15) is 5.11 Å². The number of phenolic OH excluding ortho intramolecular Hbond substituents is 1. The molecule has 0 fully saturated rings. The Morgan fingerprint density at radius 3 is 2.41 bits per heavy atom. The van der Waals surface area contributed by atoms with Gasteiger partial charge in [0.15, 0.2) is 0 Å². The highest BCUT2D eigenvalue weighted by Crippen LogP contribution is 2.31. The molecular weight excluding hydrogens is 212 g/mol. The van der Waals surface area contributed by atoms with E-state index in [1.807, 2.05) is 12.1 Å². The molecule has 17 heavy (non-hydrogen) atoms. The highest BCUT2D eigenvalue weighted by Gasteiger charge is 2.11. The first-order valence-corrected chi connectivity index (χ1v) is 6.41. The van der Waals surface area contributed by atoms with Crippen LogP contribution in [0, 0.1) is 0 Å². The number of hydrogen-bond donors (Lipinski definition) is 2. The lowest BCUT2D eigenvalue weighted by Crippen LogP contribution is -2.21. The molecule has 1 rings (SSSR count). The maximum absolute atomic E-state index is 10.1. The Bertz CT molecular complexity index is 348. The summed E-state index contributed by atoms with van der Waals surface area (Å²) in [6, 6.07) is 5.95. The quantitative estimate of drug-likeness (QED) is 0.798. The molecule has 0 bridgehead atoms. The van der Waals surface area contributed by atoms with Crippen LogP contribution in [0.4, 0.5) is 5.69 Å². The van der Waals surface area contributed by atoms with Crippen LogP contribution >= 0.6 is 0 Å². The molecule has 0 aliphatic carbocycles. The Balaban J connectivity index is 2.92. The van der Waals surface area contributed by atoms with Crippen LogP contribution in [-0.4, -0.2) is 24.7 Å². The van der Waals surface area contributed by atoms with Crippen LogP contribution in [0.2, 0.25) is 0 Å². The summed E-state index contributed by atoms with van der Waals surface area (Å²) in [5.74, 6) is 0.695. The number of phenols is 1. The third kappa shape index (κ3) is 3.37. The average Bonchev–Trinajstić information content (AvgIpc) is 2.31. The van der Waals surface area contributed by atoms with Crippen LogP contribution in [0.1, 0.15) is 38.7 Å². The van der Waals surface area contributed by atoms with E-state index in [0.717, 1.165) is 30.8 Å². The molecule has 1 aromatic rings. The molecule has 0 heterocycles. The Morgan fingerprint density at radius 2 is 1.94 bits per heavy atom. The van der Waals surface area contributed by atoms with E-state index in [4.69, 9.17) is 5.73 Å². The van der Waals surface area contributed by atoms with Gasteiger partial charge in [0, 0.05) is 24.8 Å². The van der Waals surface area contributed by atoms with Crippen LogP contribution in [0.25, 0.3) is 0 Å². The summed E-state index contributed by atoms with van der Waals surface area (Å²) in [4.78, 5) is 2.22. The number of rotatable bonds is 6. The normalized spacial score (nSPS) is 12.5. The summed E-state index contributed by atoms with van der Waals surface area (Å²) in [5, 5.41) is 10.1. The van der Waals surface area contributed by atoms with Crippen LogP contribution in [0.15, 0.2) is 18.2 Å². The first kappa shape index (κ1) is 13.8. The number of hydrogen-bond acceptors (Lipinski definition) is 3. The van der Waals surface area contributed by atoms with Crippen molar-refractivity contribution in [2.24, 2.45) is 5.73 Å². The zero-order chi connectivity index (χ0) is 12.8. The Morgan fingerprint density at radius 1 is 1.29 bits per heavy atom. The van der Waals surface area contributed by atoms with Crippen molar-refractivity contribution in [3.8, 4) is 5.75 Å². The minimum absolute atomic E-state index is 0.311. The van der Waals surface area contributed by atoms with Gasteiger partial charge >= 0.3 is 0 Å². The topological polar surface area (TPSA) is 49.5 Å². The predicted molar refractivity (Wildman–Crippen MR) is 73.8 cm³/mol. The number of anilines is 1. The lowest BCUT2D eigenvalue weighted by Gasteiger charge is -2.22. The number of aromatic hydroxyl groups is 1. The van der Waals surface area contributed by atoms with Crippen LogP contribution < -0.4 is 10.6 Å². The van der Waals surface area contributed by atoms with Gasteiger partial charge in [-0.2, -0.15) is 0 Å². The summed E-state index contributed by atoms with van der Waals surface area (Å²) >= 11 is 0. The molecule has 0 amide bonds. The Hall–Kier alpha value is -1.22. The average molecular weight is 236 g/mol. The molecule has 0 aliphatic heterocycles. The van der Waals surface area contributed by atoms with Crippen molar-refractivity contribution >= 4 is 5.69 Å². The molecule has 1 unspecified atom stereocenters. The van der Waals surface area contributed by atoms with E-state index in [2.05, 4.69) is 31.7 Å². The molecule has 0 spiro atoms. The molecule has 0 aliphatic rings. The van der Waals surface area contributed by atoms with Gasteiger partial charge in [-0.15, -0.1) is 0 Å². The SMILES string of the molecule is CCN(CC)c1ccc(C(C)CCN)c(O)c1. The molecule has 96 valence electrons. The molecular formula is C14H24N2O. The number of nitrogens with two attached hydrogens (primary N) is 1. The van der Waals surface area contributed by atoms with E-state index in [1.165, 1.54) is 0 Å². The third-order valence-electron chi connectivity index (χ3n) is 3.27. The summed E-state index contributed by atoms with van der Waals surface area (Å²) in [6.45, 7) is 8.88. The molecule has 3 heteroatoms. The van der Waals surface area contributed by atoms with Gasteiger partial charge in [0.25, 0.3) is 0 Å². The maximum Gasteiger partial charge on any atom is 0.121 e. The zero-order valence-corrected chi connectivity index (χ0v) is 11.1. The summed E-state index contributed by atoms with van der Waals surface area (Å²) < 4.78 is 0. The highest BCUT2D eigenvalue weighted by atomic mass is 16.3. The van der Waals surface area contributed by atoms with Crippen molar-refractivity contribution in [1.82, 2.24) is 0 Å². The standard InChI is InChI=1S/C14H24N2O/c1-4-16(5-2)12-6-7-13(14(17)10-12)11(3)8-9-15/h6-7,10-11,17H,4-5,8-9,15H2,1-3H3. The van der Waals surface area contributed by atoms with Gasteiger partial charge in [0.2, 0.25) is 0 Å². The van der Waals surface area contributed by atoms with Gasteiger partial charge in [-0.3, -0.25) is 0 Å². The molecule has 3 nitrogen and oxygen atoms in total. The van der Waals surface area contributed by atoms with Gasteiger partial charge < -0.3 is 15.7 Å². The lowest BCUT2D eigenvalue weighted by atomic mass is 9.96. The van der Waals surface area contributed by atoms with E-state index in [0.29, 0.717) is 18.2 Å². The first-order chi connectivity index (χ1) is 8.13. The van der Waals surface area contributed by atoms with Crippen molar-refractivity contribution in [3.05, 3.63) is 23.8 Å². The van der Waals surface area contributed by atoms with Crippen molar-refractivity contribution in [2.45, 2.75) is 33.1 Å². The first-order valence-electron chi connectivity index (χ1n) is 6.41. The molecule has 0 saturated carbocycles. The van der Waals surface area contributed by atoms with Crippen LogP contribution in [0.5, 0.6) is 5.75 Å². The van der Waals surface area contributed by atoms with Crippen molar-refractivity contribution in [2.75, 3.05) is 24.5 Å². The van der Waals surface area contributed by atoms with Gasteiger partial charge in [0.05, 0.1) is 0 Å². The Kier molecular flexibility index (Phi) is 5.29. The molecule has 3 N–H and O–H groups in total. The van der Waals surface area contributed by atoms with Crippen molar-refractivity contribution < 1.29 is 5.11 Å². The summed E-state index contributed by atoms with van der Waals surface area (Å²) in [6.07, 6.45) is 0.901. The molecule has 0 saturated heterocycles. The Labute approximate surface area is 104 Å². The van der Waals surface area contributed by atoms with Crippen molar-refractivity contribution in [3.63, 3.8) is 0 Å². The monoisotopic (exact) mass is 236 g/mol. The fourth-order valence-corrected chi connectivity index (χ4v) is 2.14. The summed E-state index contributed by atoms with van der Waals surface area (Å²) in [5.41, 5.74) is 7.62. The highest BCUT2D eigenvalue weighted by molar-refractivity contribution is 5.54. The second kappa shape index (κ2) is 6.50. The fourth-order valence-electron chi connectivity index (χ4n) is 2.14. The smallest absolute Gasteiger partial charge is 0.121 e. The van der Waals surface area contributed by atoms with E-state index < -0.39 is 0 Å². The third-order valence-corrected chi connectivity index (χ3v) is 3.27. The van der Waals surface area contributed by atoms with Gasteiger partial charge in [-0.25, -0.2) is 0 Å². The second-order valence-corrected chi connectivity index (χ2v) is 4.39. The number of nitrogens with zero attached hydrogens (tertiary/aromatic N) is 1. The fraction of sp³-hybridized carbons (Fsp3) is 0.571. The zero-order valence-electron chi connectivity index (χ0n) is 11.1. The second-order valence-electron chi connectivity index (χ2n) is 4.39. The van der Waals surface area contributed by atoms with Gasteiger partial charge in [-0.1, -0.05) is 13.0 Å².